The normalized spacial score (nSPS) is 12.8. The summed E-state index contributed by atoms with van der Waals surface area (Å²) in [6.45, 7) is 6.16. The molecule has 0 nitrogen and oxygen atoms in total. The van der Waals surface area contributed by atoms with Crippen molar-refractivity contribution in [2.45, 2.75) is 26.2 Å². The highest BCUT2D eigenvalue weighted by molar-refractivity contribution is 5.14. The second-order valence-electron chi connectivity index (χ2n) is 3.42. The van der Waals surface area contributed by atoms with Gasteiger partial charge >= 0.3 is 0 Å². The van der Waals surface area contributed by atoms with E-state index < -0.39 is 0 Å². The van der Waals surface area contributed by atoms with Gasteiger partial charge in [0.05, 0.1) is 0 Å². The number of benzene rings is 1. The largest absolute Gasteiger partial charge is 0.0625 e. The molecule has 0 fully saturated rings. The molecule has 65 valence electrons. The van der Waals surface area contributed by atoms with Gasteiger partial charge in [-0.05, 0) is 24.3 Å². The molecule has 0 aliphatic heterocycles. The fourth-order valence-electron chi connectivity index (χ4n) is 1.20. The molecule has 12 heavy (non-hydrogen) atoms. The lowest BCUT2D eigenvalue weighted by Crippen LogP contribution is -1.94. The average Bonchev–Trinajstić information content (AvgIpc) is 2.16. The Kier molecular flexibility index (Phi) is 3.86. The van der Waals surface area contributed by atoms with Gasteiger partial charge in [-0.1, -0.05) is 50.6 Å². The van der Waals surface area contributed by atoms with E-state index in [4.69, 9.17) is 0 Å². The summed E-state index contributed by atoms with van der Waals surface area (Å²) in [4.78, 5) is 0. The monoisotopic (exact) mass is 161 g/mol. The number of aryl methyl sites for hydroxylation is 1. The summed E-state index contributed by atoms with van der Waals surface area (Å²) in [6, 6.07) is 10.6. The molecule has 0 aliphatic carbocycles. The summed E-state index contributed by atoms with van der Waals surface area (Å²) in [5.41, 5.74) is 1.44. The molecule has 0 heteroatoms. The van der Waals surface area contributed by atoms with Crippen LogP contribution in [0.5, 0.6) is 0 Å². The maximum Gasteiger partial charge on any atom is -0.0276 e. The van der Waals surface area contributed by atoms with Gasteiger partial charge in [-0.15, -0.1) is 0 Å². The highest BCUT2D eigenvalue weighted by Crippen LogP contribution is 2.11. The van der Waals surface area contributed by atoms with Crippen LogP contribution >= 0.6 is 0 Å². The second kappa shape index (κ2) is 4.97. The van der Waals surface area contributed by atoms with Crippen molar-refractivity contribution in [3.8, 4) is 0 Å². The van der Waals surface area contributed by atoms with E-state index in [-0.39, 0.29) is 0 Å². The SMILES string of the molecule is [CH2]CC(C)CCc1ccccc1. The van der Waals surface area contributed by atoms with Crippen LogP contribution in [0.3, 0.4) is 0 Å². The zero-order valence-electron chi connectivity index (χ0n) is 7.79. The molecule has 0 aromatic heterocycles. The Morgan fingerprint density at radius 3 is 2.50 bits per heavy atom. The fraction of sp³-hybridized carbons (Fsp3) is 0.417. The lowest BCUT2D eigenvalue weighted by Gasteiger charge is -2.07. The average molecular weight is 161 g/mol. The third-order valence-electron chi connectivity index (χ3n) is 2.26. The highest BCUT2D eigenvalue weighted by Gasteiger charge is 1.98. The van der Waals surface area contributed by atoms with Crippen LogP contribution in [-0.2, 0) is 6.42 Å². The van der Waals surface area contributed by atoms with Crippen LogP contribution in [0.15, 0.2) is 30.3 Å². The Morgan fingerprint density at radius 1 is 1.25 bits per heavy atom. The third kappa shape index (κ3) is 3.08. The number of hydrogen-bond acceptors (Lipinski definition) is 0. The maximum atomic E-state index is 3.90. The van der Waals surface area contributed by atoms with Crippen molar-refractivity contribution < 1.29 is 0 Å². The van der Waals surface area contributed by atoms with Crippen molar-refractivity contribution in [1.82, 2.24) is 0 Å². The van der Waals surface area contributed by atoms with Gasteiger partial charge in [0, 0.05) is 0 Å². The summed E-state index contributed by atoms with van der Waals surface area (Å²) in [5, 5.41) is 0. The fourth-order valence-corrected chi connectivity index (χ4v) is 1.20. The minimum atomic E-state index is 0.755. The van der Waals surface area contributed by atoms with Gasteiger partial charge in [-0.3, -0.25) is 0 Å². The van der Waals surface area contributed by atoms with Crippen LogP contribution in [0.25, 0.3) is 0 Å². The van der Waals surface area contributed by atoms with Gasteiger partial charge in [0.2, 0.25) is 0 Å². The molecule has 0 heterocycles. The van der Waals surface area contributed by atoms with E-state index >= 15 is 0 Å². The number of rotatable bonds is 4. The molecule has 0 saturated carbocycles. The van der Waals surface area contributed by atoms with Crippen molar-refractivity contribution >= 4 is 0 Å². The van der Waals surface area contributed by atoms with Gasteiger partial charge in [0.1, 0.15) is 0 Å². The number of hydrogen-bond donors (Lipinski definition) is 0. The predicted octanol–water partition coefficient (Wildman–Crippen LogP) is 3.48. The van der Waals surface area contributed by atoms with Gasteiger partial charge in [0.15, 0.2) is 0 Å². The van der Waals surface area contributed by atoms with Crippen LogP contribution in [0.1, 0.15) is 25.3 Å². The Balaban J connectivity index is 2.33. The quantitative estimate of drug-likeness (QED) is 0.634. The lowest BCUT2D eigenvalue weighted by atomic mass is 9.99. The predicted molar refractivity (Wildman–Crippen MR) is 53.9 cm³/mol. The highest BCUT2D eigenvalue weighted by atomic mass is 14.0. The molecule has 0 spiro atoms. The van der Waals surface area contributed by atoms with Gasteiger partial charge in [0.25, 0.3) is 0 Å². The Hall–Kier alpha value is -0.780. The van der Waals surface area contributed by atoms with E-state index in [1.807, 2.05) is 0 Å². The Labute approximate surface area is 75.6 Å². The second-order valence-corrected chi connectivity index (χ2v) is 3.42. The van der Waals surface area contributed by atoms with Crippen molar-refractivity contribution in [2.75, 3.05) is 0 Å². The van der Waals surface area contributed by atoms with Crippen molar-refractivity contribution in [1.29, 1.82) is 0 Å². The van der Waals surface area contributed by atoms with Gasteiger partial charge in [-0.2, -0.15) is 0 Å². The molecule has 1 unspecified atom stereocenters. The van der Waals surface area contributed by atoms with E-state index in [0.717, 1.165) is 12.3 Å². The van der Waals surface area contributed by atoms with Crippen LogP contribution in [-0.4, -0.2) is 0 Å². The van der Waals surface area contributed by atoms with E-state index in [0.29, 0.717) is 0 Å². The molecular formula is C12H17. The topological polar surface area (TPSA) is 0 Å². The summed E-state index contributed by atoms with van der Waals surface area (Å²) < 4.78 is 0. The zero-order valence-corrected chi connectivity index (χ0v) is 7.79. The Bertz CT molecular complexity index is 201. The molecule has 0 bridgehead atoms. The third-order valence-corrected chi connectivity index (χ3v) is 2.26. The van der Waals surface area contributed by atoms with E-state index in [1.165, 1.54) is 18.4 Å². The molecule has 1 rings (SSSR count). The molecule has 1 aromatic carbocycles. The lowest BCUT2D eigenvalue weighted by molar-refractivity contribution is 0.539. The zero-order chi connectivity index (χ0) is 8.81. The first kappa shape index (κ1) is 9.31. The molecule has 1 aromatic rings. The van der Waals surface area contributed by atoms with Crippen LogP contribution in [0.2, 0.25) is 0 Å². The van der Waals surface area contributed by atoms with Gasteiger partial charge in [-0.25, -0.2) is 0 Å². The first-order chi connectivity index (χ1) is 5.83. The van der Waals surface area contributed by atoms with Crippen LogP contribution < -0.4 is 0 Å². The summed E-state index contributed by atoms with van der Waals surface area (Å²) in [6.07, 6.45) is 3.50. The van der Waals surface area contributed by atoms with Crippen molar-refractivity contribution in [3.05, 3.63) is 42.8 Å². The van der Waals surface area contributed by atoms with E-state index in [9.17, 15) is 0 Å². The van der Waals surface area contributed by atoms with Crippen molar-refractivity contribution in [3.63, 3.8) is 0 Å². The molecule has 0 N–H and O–H groups in total. The summed E-state index contributed by atoms with van der Waals surface area (Å²) in [5.74, 6) is 0.755. The minimum absolute atomic E-state index is 0.755. The molecule has 0 aliphatic rings. The van der Waals surface area contributed by atoms with E-state index in [1.54, 1.807) is 0 Å². The minimum Gasteiger partial charge on any atom is -0.0625 e. The first-order valence-corrected chi connectivity index (χ1v) is 4.66. The molecular weight excluding hydrogens is 144 g/mol. The first-order valence-electron chi connectivity index (χ1n) is 4.66. The van der Waals surface area contributed by atoms with Crippen LogP contribution in [0.4, 0.5) is 0 Å². The molecule has 1 radical (unpaired) electrons. The van der Waals surface area contributed by atoms with Crippen LogP contribution in [0, 0.1) is 12.8 Å². The Morgan fingerprint density at radius 2 is 1.92 bits per heavy atom. The molecule has 1 atom stereocenters. The maximum absolute atomic E-state index is 3.90. The molecule has 0 amide bonds. The van der Waals surface area contributed by atoms with Crippen molar-refractivity contribution in [2.24, 2.45) is 5.92 Å². The summed E-state index contributed by atoms with van der Waals surface area (Å²) in [7, 11) is 0. The smallest absolute Gasteiger partial charge is 0.0276 e. The standard InChI is InChI=1S/C12H17/c1-3-11(2)9-10-12-7-5-4-6-8-12/h4-8,11H,1,3,9-10H2,2H3. The molecule has 0 saturated heterocycles. The van der Waals surface area contributed by atoms with E-state index in [2.05, 4.69) is 44.2 Å². The summed E-state index contributed by atoms with van der Waals surface area (Å²) >= 11 is 0. The van der Waals surface area contributed by atoms with Gasteiger partial charge < -0.3 is 0 Å².